The van der Waals surface area contributed by atoms with Crippen molar-refractivity contribution in [1.82, 2.24) is 9.80 Å². The van der Waals surface area contributed by atoms with E-state index in [-0.39, 0.29) is 96.8 Å². The number of rotatable bonds is 22. The quantitative estimate of drug-likeness (QED) is 0.0192. The number of hydrogen-bond donors (Lipinski definition) is 0. The summed E-state index contributed by atoms with van der Waals surface area (Å²) in [5.74, 6) is -4.47. The minimum Gasteiger partial charge on any atom is -0.494 e. The zero-order chi connectivity index (χ0) is 51.3. The fraction of sp³-hybridized carbons (Fsp3) is 0.275. The van der Waals surface area contributed by atoms with Crippen LogP contribution in [0.3, 0.4) is 0 Å². The first kappa shape index (κ1) is 53.1. The molecule has 1 aliphatic heterocycles. The van der Waals surface area contributed by atoms with E-state index < -0.39 is 53.8 Å². The highest BCUT2D eigenvalue weighted by Crippen LogP contribution is 2.29. The number of nitrogens with zero attached hydrogens (tertiary/aromatic N) is 2. The van der Waals surface area contributed by atoms with Crippen LogP contribution >= 0.6 is 0 Å². The van der Waals surface area contributed by atoms with Gasteiger partial charge >= 0.3 is 48.0 Å². The Kier molecular flexibility index (Phi) is 20.0. The summed E-state index contributed by atoms with van der Waals surface area (Å²) < 4.78 is 47.5. The SMILES string of the molecule is C=CC(=O)OCCCCOC(=O)c1ccc(C(=O)Oc2ccc(OC(=O)N3CCN(C(=O)Oc4ccc(OC(=O)c5ccc(OCCCCOC(=O)C=C)cc5)c(C(C)=O)c4)CC3)cc2C(=O)OC)cc1. The van der Waals surface area contributed by atoms with Gasteiger partial charge in [-0.1, -0.05) is 13.2 Å². The Morgan fingerprint density at radius 3 is 1.32 bits per heavy atom. The third-order valence-electron chi connectivity index (χ3n) is 10.1. The average Bonchev–Trinajstić information content (AvgIpc) is 3.38. The molecule has 0 unspecified atom stereocenters. The number of unbranched alkanes of at least 4 members (excludes halogenated alkanes) is 2. The monoisotopic (exact) mass is 978 g/mol. The van der Waals surface area contributed by atoms with Crippen LogP contribution in [0.15, 0.2) is 110 Å². The number of amides is 2. The summed E-state index contributed by atoms with van der Waals surface area (Å²) in [6.07, 6.45) is 2.72. The fourth-order valence-corrected chi connectivity index (χ4v) is 6.33. The van der Waals surface area contributed by atoms with Crippen molar-refractivity contribution in [2.24, 2.45) is 0 Å². The fourth-order valence-electron chi connectivity index (χ4n) is 6.33. The second-order valence-electron chi connectivity index (χ2n) is 15.1. The van der Waals surface area contributed by atoms with E-state index in [0.717, 1.165) is 25.3 Å². The number of hydrogen-bond acceptors (Lipinski definition) is 18. The van der Waals surface area contributed by atoms with Crippen molar-refractivity contribution < 1.29 is 85.8 Å². The van der Waals surface area contributed by atoms with Gasteiger partial charge in [0.15, 0.2) is 5.78 Å². The molecule has 0 bridgehead atoms. The van der Waals surface area contributed by atoms with Crippen molar-refractivity contribution in [1.29, 1.82) is 0 Å². The van der Waals surface area contributed by atoms with E-state index in [1.165, 1.54) is 83.5 Å². The molecule has 0 N–H and O–H groups in total. The summed E-state index contributed by atoms with van der Waals surface area (Å²) in [7, 11) is 1.11. The lowest BCUT2D eigenvalue weighted by Crippen LogP contribution is -2.52. The first-order chi connectivity index (χ1) is 34.2. The summed E-state index contributed by atoms with van der Waals surface area (Å²) in [5.41, 5.74) is 0.147. The molecule has 0 spiro atoms. The Bertz CT molecular complexity index is 2620. The molecule has 372 valence electrons. The molecule has 0 aliphatic carbocycles. The van der Waals surface area contributed by atoms with Crippen LogP contribution in [0.1, 0.15) is 84.4 Å². The molecular weight excluding hydrogens is 929 g/mol. The van der Waals surface area contributed by atoms with Gasteiger partial charge in [0.25, 0.3) is 0 Å². The molecule has 0 radical (unpaired) electrons. The third-order valence-corrected chi connectivity index (χ3v) is 10.1. The Labute approximate surface area is 407 Å². The molecule has 1 heterocycles. The number of ketones is 1. The van der Waals surface area contributed by atoms with Gasteiger partial charge in [-0.25, -0.2) is 38.4 Å². The molecular formula is C51H50N2O18. The van der Waals surface area contributed by atoms with Crippen LogP contribution in [-0.4, -0.2) is 123 Å². The Balaban J connectivity index is 1.08. The summed E-state index contributed by atoms with van der Waals surface area (Å²) in [6.45, 7) is 8.90. The minimum absolute atomic E-state index is 0.00354. The molecule has 20 nitrogen and oxygen atoms in total. The highest BCUT2D eigenvalue weighted by atomic mass is 16.6. The first-order valence-electron chi connectivity index (χ1n) is 22.0. The van der Waals surface area contributed by atoms with E-state index in [1.807, 2.05) is 0 Å². The molecule has 2 amide bonds. The van der Waals surface area contributed by atoms with Gasteiger partial charge in [-0.2, -0.15) is 0 Å². The minimum atomic E-state index is -0.898. The van der Waals surface area contributed by atoms with E-state index >= 15 is 0 Å². The molecule has 0 aromatic heterocycles. The number of methoxy groups -OCH3 is 1. The van der Waals surface area contributed by atoms with Crippen LogP contribution in [0, 0.1) is 0 Å². The number of ether oxygens (including phenoxy) is 9. The van der Waals surface area contributed by atoms with Crippen LogP contribution in [0.25, 0.3) is 0 Å². The third kappa shape index (κ3) is 16.2. The van der Waals surface area contributed by atoms with Gasteiger partial charge in [0.2, 0.25) is 0 Å². The maximum Gasteiger partial charge on any atom is 0.415 e. The van der Waals surface area contributed by atoms with Crippen molar-refractivity contribution >= 4 is 53.8 Å². The average molecular weight is 979 g/mol. The van der Waals surface area contributed by atoms with Crippen molar-refractivity contribution in [2.75, 3.05) is 59.7 Å². The molecule has 4 aromatic rings. The highest BCUT2D eigenvalue weighted by molar-refractivity contribution is 6.00. The van der Waals surface area contributed by atoms with E-state index in [1.54, 1.807) is 12.1 Å². The maximum atomic E-state index is 13.2. The predicted molar refractivity (Wildman–Crippen MR) is 249 cm³/mol. The van der Waals surface area contributed by atoms with Crippen LogP contribution in [0.4, 0.5) is 9.59 Å². The van der Waals surface area contributed by atoms with Gasteiger partial charge in [0.05, 0.1) is 55.8 Å². The number of carbonyl (C=O) groups is 9. The number of piperazine rings is 1. The van der Waals surface area contributed by atoms with Crippen molar-refractivity contribution in [2.45, 2.75) is 32.6 Å². The lowest BCUT2D eigenvalue weighted by atomic mass is 10.1. The topological polar surface area (TPSA) is 243 Å². The molecule has 5 rings (SSSR count). The Morgan fingerprint density at radius 2 is 0.873 bits per heavy atom. The first-order valence-corrected chi connectivity index (χ1v) is 22.0. The maximum absolute atomic E-state index is 13.2. The van der Waals surface area contributed by atoms with Crippen molar-refractivity contribution in [3.8, 4) is 28.7 Å². The highest BCUT2D eigenvalue weighted by Gasteiger charge is 2.28. The van der Waals surface area contributed by atoms with Gasteiger partial charge < -0.3 is 52.4 Å². The number of benzene rings is 4. The van der Waals surface area contributed by atoms with Crippen LogP contribution < -0.4 is 23.7 Å². The van der Waals surface area contributed by atoms with Crippen molar-refractivity contribution in [3.05, 3.63) is 138 Å². The van der Waals surface area contributed by atoms with Crippen LogP contribution in [-0.2, 0) is 28.5 Å². The predicted octanol–water partition coefficient (Wildman–Crippen LogP) is 6.98. The lowest BCUT2D eigenvalue weighted by Gasteiger charge is -2.33. The van der Waals surface area contributed by atoms with Gasteiger partial charge in [-0.15, -0.1) is 0 Å². The molecule has 1 aliphatic rings. The molecule has 0 atom stereocenters. The Morgan fingerprint density at radius 1 is 0.479 bits per heavy atom. The summed E-state index contributed by atoms with van der Waals surface area (Å²) in [5, 5.41) is 0. The number of Topliss-reactive ketones (excluding diaryl/α,β-unsaturated/α-hetero) is 1. The largest absolute Gasteiger partial charge is 0.494 e. The zero-order valence-electron chi connectivity index (χ0n) is 38.9. The van der Waals surface area contributed by atoms with Gasteiger partial charge in [0.1, 0.15) is 34.3 Å². The van der Waals surface area contributed by atoms with Crippen molar-refractivity contribution in [3.63, 3.8) is 0 Å². The Hall–Kier alpha value is -8.81. The van der Waals surface area contributed by atoms with Gasteiger partial charge in [-0.05, 0) is 118 Å². The van der Waals surface area contributed by atoms with E-state index in [9.17, 15) is 43.2 Å². The summed E-state index contributed by atoms with van der Waals surface area (Å²) in [6, 6.07) is 19.3. The van der Waals surface area contributed by atoms with E-state index in [4.69, 9.17) is 42.6 Å². The molecule has 4 aromatic carbocycles. The second-order valence-corrected chi connectivity index (χ2v) is 15.1. The summed E-state index contributed by atoms with van der Waals surface area (Å²) >= 11 is 0. The number of esters is 6. The molecule has 0 saturated carbocycles. The van der Waals surface area contributed by atoms with Gasteiger partial charge in [-0.3, -0.25) is 4.79 Å². The summed E-state index contributed by atoms with van der Waals surface area (Å²) in [4.78, 5) is 115. The molecule has 71 heavy (non-hydrogen) atoms. The van der Waals surface area contributed by atoms with Crippen LogP contribution in [0.2, 0.25) is 0 Å². The second kappa shape index (κ2) is 26.7. The number of carbonyl (C=O) groups excluding carboxylic acids is 9. The standard InChI is InChI=1S/C51H50N2O18/c1-5-44(55)65-28-8-7-27-64-37-17-15-36(16-18-37)48(59)70-42-21-19-38(31-40(42)33(3)54)68-50(61)52-23-25-53(26-24-52)51(62)69-39-20-22-43(41(32-39)49(60)63-4)71-47(58)35-13-11-34(12-14-35)46(57)67-30-10-9-29-66-45(56)6-2/h5-6,11-22,31-32H,1-2,7-10,23-30H2,3-4H3. The lowest BCUT2D eigenvalue weighted by molar-refractivity contribution is -0.138. The molecule has 1 fully saturated rings. The van der Waals surface area contributed by atoms with Gasteiger partial charge in [0, 0.05) is 38.3 Å². The normalized spacial score (nSPS) is 11.7. The van der Waals surface area contributed by atoms with E-state index in [2.05, 4.69) is 13.2 Å². The van der Waals surface area contributed by atoms with Crippen LogP contribution in [0.5, 0.6) is 28.7 Å². The zero-order valence-corrected chi connectivity index (χ0v) is 38.9. The molecule has 20 heteroatoms. The van der Waals surface area contributed by atoms with E-state index in [0.29, 0.717) is 38.0 Å². The molecule has 1 saturated heterocycles. The smallest absolute Gasteiger partial charge is 0.415 e.